The maximum atomic E-state index is 5.08. The van der Waals surface area contributed by atoms with E-state index < -0.39 is 0 Å². The van der Waals surface area contributed by atoms with Crippen LogP contribution in [-0.4, -0.2) is 19.9 Å². The Hall–Kier alpha value is -3.14. The fraction of sp³-hybridized carbons (Fsp3) is 0.379. The van der Waals surface area contributed by atoms with Gasteiger partial charge in [0.1, 0.15) is 0 Å². The quantitative estimate of drug-likeness (QED) is 0.442. The van der Waals surface area contributed by atoms with Gasteiger partial charge in [0.15, 0.2) is 0 Å². The number of allylic oxidation sites excluding steroid dienone is 1. The van der Waals surface area contributed by atoms with Crippen LogP contribution in [0.4, 0.5) is 0 Å². The summed E-state index contributed by atoms with van der Waals surface area (Å²) < 4.78 is 0. The Morgan fingerprint density at radius 2 is 1.39 bits per heavy atom. The van der Waals surface area contributed by atoms with Gasteiger partial charge >= 0.3 is 0 Å². The lowest BCUT2D eigenvalue weighted by molar-refractivity contribution is 0.793. The smallest absolute Gasteiger partial charge is 0.0687 e. The van der Waals surface area contributed by atoms with Crippen LogP contribution in [-0.2, 0) is 19.3 Å². The molecule has 2 N–H and O–H groups in total. The molecule has 2 aliphatic heterocycles. The van der Waals surface area contributed by atoms with Crippen molar-refractivity contribution < 1.29 is 0 Å². The van der Waals surface area contributed by atoms with E-state index in [-0.39, 0.29) is 0 Å². The van der Waals surface area contributed by atoms with Gasteiger partial charge in [0.25, 0.3) is 0 Å². The molecular weight excluding hydrogens is 404 g/mol. The van der Waals surface area contributed by atoms with Crippen LogP contribution in [0, 0.1) is 20.8 Å². The molecule has 0 fully saturated rings. The first kappa shape index (κ1) is 21.7. The molecule has 5 rings (SSSR count). The molecule has 0 radical (unpaired) electrons. The van der Waals surface area contributed by atoms with Crippen molar-refractivity contribution >= 4 is 33.7 Å². The van der Waals surface area contributed by atoms with Gasteiger partial charge in [-0.3, -0.25) is 4.98 Å². The van der Waals surface area contributed by atoms with Crippen molar-refractivity contribution in [2.75, 3.05) is 0 Å². The summed E-state index contributed by atoms with van der Waals surface area (Å²) in [5.74, 6) is 0.396. The molecule has 4 nitrogen and oxygen atoms in total. The lowest BCUT2D eigenvalue weighted by Gasteiger charge is -2.00. The highest BCUT2D eigenvalue weighted by Gasteiger charge is 2.20. The van der Waals surface area contributed by atoms with Gasteiger partial charge in [-0.1, -0.05) is 20.8 Å². The van der Waals surface area contributed by atoms with Crippen molar-refractivity contribution in [1.82, 2.24) is 19.9 Å². The lowest BCUT2D eigenvalue weighted by Crippen LogP contribution is -1.91. The summed E-state index contributed by atoms with van der Waals surface area (Å²) in [4.78, 5) is 17.5. The molecule has 1 atom stereocenters. The third-order valence-electron chi connectivity index (χ3n) is 7.56. The number of H-pyrrole nitrogens is 2. The average Bonchev–Trinajstić information content (AvgIpc) is 3.49. The number of aryl methyl sites for hydroxylation is 4. The summed E-state index contributed by atoms with van der Waals surface area (Å²) in [5.41, 5.74) is 16.8. The number of hydrogen-bond donors (Lipinski definition) is 2. The van der Waals surface area contributed by atoms with E-state index in [0.717, 1.165) is 47.6 Å². The second-order valence-corrected chi connectivity index (χ2v) is 9.68. The highest BCUT2D eigenvalue weighted by Crippen LogP contribution is 2.31. The zero-order valence-corrected chi connectivity index (χ0v) is 20.9. The molecule has 5 heterocycles. The minimum absolute atomic E-state index is 0.396. The van der Waals surface area contributed by atoms with Gasteiger partial charge in [-0.15, -0.1) is 0 Å². The Labute approximate surface area is 196 Å². The third kappa shape index (κ3) is 3.52. The van der Waals surface area contributed by atoms with Crippen molar-refractivity contribution in [1.29, 1.82) is 0 Å². The molecule has 2 aliphatic rings. The van der Waals surface area contributed by atoms with Crippen LogP contribution in [0.5, 0.6) is 0 Å². The molecule has 4 heteroatoms. The van der Waals surface area contributed by atoms with E-state index >= 15 is 0 Å². The summed E-state index contributed by atoms with van der Waals surface area (Å²) in [7, 11) is 0. The monoisotopic (exact) mass is 438 g/mol. The van der Waals surface area contributed by atoms with Crippen molar-refractivity contribution in [2.45, 2.75) is 73.6 Å². The van der Waals surface area contributed by atoms with E-state index in [4.69, 9.17) is 9.97 Å². The maximum absolute atomic E-state index is 5.08. The molecule has 33 heavy (non-hydrogen) atoms. The molecule has 0 unspecified atom stereocenters. The Kier molecular flexibility index (Phi) is 5.27. The number of nitrogens with zero attached hydrogens (tertiary/aromatic N) is 2. The highest BCUT2D eigenvalue weighted by atomic mass is 14.8. The molecule has 0 saturated carbocycles. The Morgan fingerprint density at radius 1 is 0.788 bits per heavy atom. The normalized spacial score (nSPS) is 15.7. The van der Waals surface area contributed by atoms with Gasteiger partial charge in [0.05, 0.1) is 11.4 Å². The maximum Gasteiger partial charge on any atom is 0.0687 e. The van der Waals surface area contributed by atoms with Gasteiger partial charge in [0.2, 0.25) is 0 Å². The number of rotatable bonds is 2. The van der Waals surface area contributed by atoms with Crippen LogP contribution >= 0.6 is 0 Å². The number of fused-ring (bicyclic) bond motifs is 8. The van der Waals surface area contributed by atoms with Gasteiger partial charge in [-0.05, 0) is 105 Å². The number of aromatic amines is 2. The van der Waals surface area contributed by atoms with Gasteiger partial charge in [-0.2, -0.15) is 0 Å². The summed E-state index contributed by atoms with van der Waals surface area (Å²) in [6.07, 6.45) is 5.14. The highest BCUT2D eigenvalue weighted by molar-refractivity contribution is 5.85. The van der Waals surface area contributed by atoms with Gasteiger partial charge < -0.3 is 9.97 Å². The number of aromatic nitrogens is 4. The zero-order chi connectivity index (χ0) is 23.4. The Bertz CT molecular complexity index is 1460. The average molecular weight is 439 g/mol. The summed E-state index contributed by atoms with van der Waals surface area (Å²) >= 11 is 0. The topological polar surface area (TPSA) is 57.4 Å². The molecular formula is C29H34N4. The molecule has 0 aliphatic carbocycles. The van der Waals surface area contributed by atoms with Gasteiger partial charge in [-0.25, -0.2) is 4.98 Å². The second kappa shape index (κ2) is 8.02. The molecule has 0 amide bonds. The van der Waals surface area contributed by atoms with E-state index in [9.17, 15) is 0 Å². The van der Waals surface area contributed by atoms with Crippen LogP contribution < -0.4 is 0 Å². The van der Waals surface area contributed by atoms with E-state index in [1.54, 1.807) is 0 Å². The van der Waals surface area contributed by atoms with E-state index in [0.29, 0.717) is 5.92 Å². The Morgan fingerprint density at radius 3 is 2.03 bits per heavy atom. The van der Waals surface area contributed by atoms with E-state index in [1.165, 1.54) is 49.9 Å². The minimum atomic E-state index is 0.396. The molecule has 0 aromatic carbocycles. The summed E-state index contributed by atoms with van der Waals surface area (Å²) in [6, 6.07) is 6.76. The summed E-state index contributed by atoms with van der Waals surface area (Å²) in [5, 5.41) is 0. The van der Waals surface area contributed by atoms with E-state index in [1.807, 2.05) is 0 Å². The third-order valence-corrected chi connectivity index (χ3v) is 7.56. The second-order valence-electron chi connectivity index (χ2n) is 9.68. The van der Waals surface area contributed by atoms with Crippen molar-refractivity contribution in [3.8, 4) is 0 Å². The van der Waals surface area contributed by atoms with E-state index in [2.05, 4.69) is 82.7 Å². The van der Waals surface area contributed by atoms with Crippen LogP contribution in [0.15, 0.2) is 18.2 Å². The molecule has 3 aromatic heterocycles. The van der Waals surface area contributed by atoms with Gasteiger partial charge in [0, 0.05) is 39.4 Å². The number of nitrogens with one attached hydrogen (secondary N) is 2. The largest absolute Gasteiger partial charge is 0.355 e. The van der Waals surface area contributed by atoms with Crippen molar-refractivity contribution in [2.24, 2.45) is 0 Å². The minimum Gasteiger partial charge on any atom is -0.355 e. The zero-order valence-electron chi connectivity index (χ0n) is 20.9. The van der Waals surface area contributed by atoms with Crippen LogP contribution in [0.3, 0.4) is 0 Å². The predicted octanol–water partition coefficient (Wildman–Crippen LogP) is 7.27. The van der Waals surface area contributed by atoms with Crippen LogP contribution in [0.1, 0.15) is 84.2 Å². The Balaban J connectivity index is 1.98. The van der Waals surface area contributed by atoms with Crippen molar-refractivity contribution in [3.63, 3.8) is 0 Å². The first-order valence-electron chi connectivity index (χ1n) is 12.2. The van der Waals surface area contributed by atoms with Crippen molar-refractivity contribution in [3.05, 3.63) is 68.8 Å². The fourth-order valence-electron chi connectivity index (χ4n) is 5.37. The molecule has 170 valence electrons. The standard InChI is InChI=1S/C29H34N4/c1-8-20-18(6)27-14-29-21(9-2)17(5)26(32-29)12-22-15(3)10-24(30-22)19(7)25-11-16(4)23(31-25)13-28(20)33-27/h11-15,32-33H,8-10H2,1-7H3/t15-/m0/s1. The van der Waals surface area contributed by atoms with Crippen LogP contribution in [0.25, 0.3) is 33.7 Å². The first-order valence-corrected chi connectivity index (χ1v) is 12.2. The first-order chi connectivity index (χ1) is 15.8. The van der Waals surface area contributed by atoms with Crippen LogP contribution in [0.2, 0.25) is 0 Å². The molecule has 3 aromatic rings. The SMILES string of the molecule is CCc1c(C)c2cc3[nH]c(cc4nc(c(C)c5nc(cc1[nH]2)C(C)=C5)C[C@@H]4C)c(C)c3CC. The lowest BCUT2D eigenvalue weighted by atomic mass is 10.0. The fourth-order valence-corrected chi connectivity index (χ4v) is 5.37. The number of hydrogen-bond acceptors (Lipinski definition) is 2. The molecule has 0 saturated heterocycles. The summed E-state index contributed by atoms with van der Waals surface area (Å²) in [6.45, 7) is 15.5. The predicted molar refractivity (Wildman–Crippen MR) is 140 cm³/mol. The molecule has 0 spiro atoms. The molecule has 8 bridgehead atoms.